The molecule has 0 bridgehead atoms. The SMILES string of the molecule is CCCn1nncc1C(O)c1cc2c(s1)CCSC2. The van der Waals surface area contributed by atoms with Crippen LogP contribution in [-0.2, 0) is 18.7 Å². The minimum atomic E-state index is -0.595. The standard InChI is InChI=1S/C13H17N3OS2/c1-2-4-16-10(7-14-15-16)13(17)12-6-9-8-18-5-3-11(9)19-12/h6-7,13,17H,2-5,8H2,1H3. The minimum Gasteiger partial charge on any atom is -0.381 e. The van der Waals surface area contributed by atoms with Gasteiger partial charge in [-0.05, 0) is 30.2 Å². The van der Waals surface area contributed by atoms with Crippen molar-refractivity contribution < 1.29 is 5.11 Å². The Labute approximate surface area is 120 Å². The number of aromatic nitrogens is 3. The lowest BCUT2D eigenvalue weighted by Crippen LogP contribution is -2.09. The summed E-state index contributed by atoms with van der Waals surface area (Å²) in [5.41, 5.74) is 2.19. The van der Waals surface area contributed by atoms with Crippen molar-refractivity contribution in [3.63, 3.8) is 0 Å². The van der Waals surface area contributed by atoms with Crippen LogP contribution in [0.3, 0.4) is 0 Å². The highest BCUT2D eigenvalue weighted by Gasteiger charge is 2.21. The number of rotatable bonds is 4. The summed E-state index contributed by atoms with van der Waals surface area (Å²) >= 11 is 3.70. The number of aliphatic hydroxyl groups excluding tert-OH is 1. The van der Waals surface area contributed by atoms with Crippen molar-refractivity contribution in [2.75, 3.05) is 5.75 Å². The lowest BCUT2D eigenvalue weighted by molar-refractivity contribution is 0.211. The van der Waals surface area contributed by atoms with Gasteiger partial charge in [0, 0.05) is 22.1 Å². The van der Waals surface area contributed by atoms with Crippen molar-refractivity contribution in [2.45, 2.75) is 38.2 Å². The van der Waals surface area contributed by atoms with E-state index in [1.54, 1.807) is 22.2 Å². The molecule has 4 nitrogen and oxygen atoms in total. The summed E-state index contributed by atoms with van der Waals surface area (Å²) in [6.45, 7) is 2.90. The second-order valence-electron chi connectivity index (χ2n) is 4.68. The molecule has 0 spiro atoms. The smallest absolute Gasteiger partial charge is 0.131 e. The van der Waals surface area contributed by atoms with E-state index in [0.29, 0.717) is 0 Å². The molecule has 0 fully saturated rings. The van der Waals surface area contributed by atoms with Gasteiger partial charge in [-0.25, -0.2) is 4.68 Å². The van der Waals surface area contributed by atoms with Crippen molar-refractivity contribution in [3.8, 4) is 0 Å². The maximum Gasteiger partial charge on any atom is 0.131 e. The Morgan fingerprint density at radius 3 is 3.21 bits per heavy atom. The Kier molecular flexibility index (Phi) is 3.91. The molecular weight excluding hydrogens is 278 g/mol. The summed E-state index contributed by atoms with van der Waals surface area (Å²) in [7, 11) is 0. The monoisotopic (exact) mass is 295 g/mol. The predicted octanol–water partition coefficient (Wildman–Crippen LogP) is 2.62. The first kappa shape index (κ1) is 13.1. The molecule has 3 rings (SSSR count). The number of thioether (sulfide) groups is 1. The third-order valence-electron chi connectivity index (χ3n) is 3.28. The van der Waals surface area contributed by atoms with Crippen molar-refractivity contribution in [3.05, 3.63) is 33.3 Å². The summed E-state index contributed by atoms with van der Waals surface area (Å²) in [6, 6.07) is 2.15. The van der Waals surface area contributed by atoms with Gasteiger partial charge >= 0.3 is 0 Å². The molecule has 0 amide bonds. The van der Waals surface area contributed by atoms with Gasteiger partial charge in [0.1, 0.15) is 6.10 Å². The van der Waals surface area contributed by atoms with E-state index < -0.39 is 6.10 Å². The fourth-order valence-electron chi connectivity index (χ4n) is 2.31. The maximum atomic E-state index is 10.5. The van der Waals surface area contributed by atoms with Crippen molar-refractivity contribution in [1.29, 1.82) is 0 Å². The van der Waals surface area contributed by atoms with E-state index in [4.69, 9.17) is 0 Å². The summed E-state index contributed by atoms with van der Waals surface area (Å²) in [5.74, 6) is 2.27. The van der Waals surface area contributed by atoms with E-state index in [0.717, 1.165) is 35.7 Å². The second-order valence-corrected chi connectivity index (χ2v) is 6.96. The van der Waals surface area contributed by atoms with Crippen LogP contribution >= 0.6 is 23.1 Å². The molecule has 0 radical (unpaired) electrons. The molecule has 0 saturated carbocycles. The molecule has 1 aliphatic rings. The van der Waals surface area contributed by atoms with Crippen LogP contribution in [0.2, 0.25) is 0 Å². The zero-order valence-electron chi connectivity index (χ0n) is 10.9. The molecule has 0 aromatic carbocycles. The highest BCUT2D eigenvalue weighted by Crippen LogP contribution is 2.36. The van der Waals surface area contributed by atoms with Crippen LogP contribution in [-0.4, -0.2) is 25.9 Å². The average molecular weight is 295 g/mol. The molecule has 6 heteroatoms. The predicted molar refractivity (Wildman–Crippen MR) is 78.6 cm³/mol. The molecule has 1 N–H and O–H groups in total. The van der Waals surface area contributed by atoms with Gasteiger partial charge in [0.05, 0.1) is 11.9 Å². The van der Waals surface area contributed by atoms with E-state index in [1.165, 1.54) is 16.2 Å². The third-order valence-corrected chi connectivity index (χ3v) is 5.58. The number of hydrogen-bond acceptors (Lipinski definition) is 5. The Bertz CT molecular complexity index is 540. The normalized spacial score (nSPS) is 16.3. The molecule has 0 aliphatic carbocycles. The number of aryl methyl sites for hydroxylation is 2. The first-order chi connectivity index (χ1) is 9.29. The van der Waals surface area contributed by atoms with Crippen molar-refractivity contribution in [2.24, 2.45) is 0 Å². The molecule has 0 saturated heterocycles. The number of thiophene rings is 1. The maximum absolute atomic E-state index is 10.5. The fourth-order valence-corrected chi connectivity index (χ4v) is 4.69. The van der Waals surface area contributed by atoms with E-state index in [-0.39, 0.29) is 0 Å². The van der Waals surface area contributed by atoms with Gasteiger partial charge in [-0.3, -0.25) is 0 Å². The van der Waals surface area contributed by atoms with Crippen LogP contribution in [0.4, 0.5) is 0 Å². The summed E-state index contributed by atoms with van der Waals surface area (Å²) in [6.07, 6.45) is 3.19. The first-order valence-corrected chi connectivity index (χ1v) is 8.52. The number of aliphatic hydroxyl groups is 1. The first-order valence-electron chi connectivity index (χ1n) is 6.55. The molecular formula is C13H17N3OS2. The Morgan fingerprint density at radius 2 is 2.42 bits per heavy atom. The summed E-state index contributed by atoms with van der Waals surface area (Å²) < 4.78 is 1.80. The minimum absolute atomic E-state index is 0.595. The highest BCUT2D eigenvalue weighted by molar-refractivity contribution is 7.98. The Morgan fingerprint density at radius 1 is 1.53 bits per heavy atom. The van der Waals surface area contributed by atoms with Crippen LogP contribution in [0.15, 0.2) is 12.3 Å². The van der Waals surface area contributed by atoms with E-state index >= 15 is 0 Å². The lowest BCUT2D eigenvalue weighted by atomic mass is 10.1. The van der Waals surface area contributed by atoms with Gasteiger partial charge in [0.25, 0.3) is 0 Å². The number of fused-ring (bicyclic) bond motifs is 1. The zero-order chi connectivity index (χ0) is 13.2. The van der Waals surface area contributed by atoms with Crippen molar-refractivity contribution >= 4 is 23.1 Å². The second kappa shape index (κ2) is 5.64. The zero-order valence-corrected chi connectivity index (χ0v) is 12.5. The summed E-state index contributed by atoms with van der Waals surface area (Å²) in [5, 5.41) is 18.5. The van der Waals surface area contributed by atoms with Gasteiger partial charge in [-0.15, -0.1) is 16.4 Å². The van der Waals surface area contributed by atoms with Crippen molar-refractivity contribution in [1.82, 2.24) is 15.0 Å². The molecule has 19 heavy (non-hydrogen) atoms. The van der Waals surface area contributed by atoms with E-state index in [9.17, 15) is 5.11 Å². The molecule has 2 aromatic rings. The van der Waals surface area contributed by atoms with Crippen LogP contribution < -0.4 is 0 Å². The summed E-state index contributed by atoms with van der Waals surface area (Å²) in [4.78, 5) is 2.45. The topological polar surface area (TPSA) is 50.9 Å². The number of nitrogens with zero attached hydrogens (tertiary/aromatic N) is 3. The molecule has 2 aromatic heterocycles. The van der Waals surface area contributed by atoms with Gasteiger partial charge in [-0.2, -0.15) is 11.8 Å². The third kappa shape index (κ3) is 2.57. The quantitative estimate of drug-likeness (QED) is 0.942. The largest absolute Gasteiger partial charge is 0.381 e. The van der Waals surface area contributed by atoms with Gasteiger partial charge in [0.2, 0.25) is 0 Å². The fraction of sp³-hybridized carbons (Fsp3) is 0.538. The lowest BCUT2D eigenvalue weighted by Gasteiger charge is -2.09. The molecule has 102 valence electrons. The Balaban J connectivity index is 1.88. The van der Waals surface area contributed by atoms with Gasteiger partial charge in [-0.1, -0.05) is 12.1 Å². The number of hydrogen-bond donors (Lipinski definition) is 1. The molecule has 1 unspecified atom stereocenters. The van der Waals surface area contributed by atoms with Crippen LogP contribution in [0.5, 0.6) is 0 Å². The van der Waals surface area contributed by atoms with Crippen LogP contribution in [0.25, 0.3) is 0 Å². The molecule has 1 atom stereocenters. The van der Waals surface area contributed by atoms with E-state index in [2.05, 4.69) is 23.3 Å². The van der Waals surface area contributed by atoms with E-state index in [1.807, 2.05) is 11.8 Å². The molecule has 1 aliphatic heterocycles. The molecule has 3 heterocycles. The Hall–Kier alpha value is -0.850. The highest BCUT2D eigenvalue weighted by atomic mass is 32.2. The van der Waals surface area contributed by atoms with Gasteiger partial charge < -0.3 is 5.11 Å². The van der Waals surface area contributed by atoms with Gasteiger partial charge in [0.15, 0.2) is 0 Å². The average Bonchev–Trinajstić information content (AvgIpc) is 3.04. The van der Waals surface area contributed by atoms with Crippen LogP contribution in [0, 0.1) is 0 Å². The van der Waals surface area contributed by atoms with Crippen LogP contribution in [0.1, 0.15) is 40.5 Å².